The molecule has 0 rings (SSSR count). The molecule has 0 aromatic carbocycles. The Kier molecular flexibility index (Phi) is 7.55. The summed E-state index contributed by atoms with van der Waals surface area (Å²) in [5, 5.41) is 0.350. The summed E-state index contributed by atoms with van der Waals surface area (Å²) in [6.07, 6.45) is 0. The molecular weight excluding hydrogens is 219 g/mol. The van der Waals surface area contributed by atoms with Crippen LogP contribution in [0, 0.1) is 5.92 Å². The molecule has 0 heterocycles. The molecule has 0 aliphatic rings. The van der Waals surface area contributed by atoms with Crippen molar-refractivity contribution in [1.29, 1.82) is 0 Å². The largest absolute Gasteiger partial charge is 0.120 e. The van der Waals surface area contributed by atoms with Gasteiger partial charge in [0.15, 0.2) is 0 Å². The van der Waals surface area contributed by atoms with Crippen molar-refractivity contribution in [3.8, 4) is 0 Å². The van der Waals surface area contributed by atoms with Crippen molar-refractivity contribution < 1.29 is 0 Å². The van der Waals surface area contributed by atoms with Crippen LogP contribution in [0.3, 0.4) is 0 Å². The molecule has 0 fully saturated rings. The Balaban J connectivity index is 3.70. The van der Waals surface area contributed by atoms with Crippen molar-refractivity contribution >= 4 is 44.8 Å². The lowest BCUT2D eigenvalue weighted by Crippen LogP contribution is -2.17. The van der Waals surface area contributed by atoms with Gasteiger partial charge in [-0.2, -0.15) is 0 Å². The van der Waals surface area contributed by atoms with Crippen LogP contribution in [0.15, 0.2) is 0 Å². The molecule has 1 atom stereocenters. The summed E-state index contributed by atoms with van der Waals surface area (Å²) in [7, 11) is 3.61. The van der Waals surface area contributed by atoms with Gasteiger partial charge in [-0.15, -0.1) is 23.2 Å². The van der Waals surface area contributed by atoms with E-state index in [0.29, 0.717) is 11.2 Å². The normalized spacial score (nSPS) is 14.5. The molecule has 0 aliphatic carbocycles. The summed E-state index contributed by atoms with van der Waals surface area (Å²) in [6, 6.07) is 0. The summed E-state index contributed by atoms with van der Waals surface area (Å²) < 4.78 is 0. The molecule has 4 heteroatoms. The molecule has 0 spiro atoms. The van der Waals surface area contributed by atoms with Crippen LogP contribution < -0.4 is 0 Å². The van der Waals surface area contributed by atoms with Gasteiger partial charge in [-0.3, -0.25) is 0 Å². The highest BCUT2D eigenvalue weighted by Crippen LogP contribution is 2.36. The lowest BCUT2D eigenvalue weighted by atomic mass is 10.1. The van der Waals surface area contributed by atoms with Gasteiger partial charge in [0.2, 0.25) is 0 Å². The Morgan fingerprint density at radius 2 is 1.82 bits per heavy atom. The molecule has 0 aromatic rings. The van der Waals surface area contributed by atoms with Crippen LogP contribution in [0.5, 0.6) is 0 Å². The predicted molar refractivity (Wildman–Crippen MR) is 59.8 cm³/mol. The van der Waals surface area contributed by atoms with Gasteiger partial charge in [-0.05, 0) is 5.92 Å². The zero-order valence-electron chi connectivity index (χ0n) is 7.01. The number of hydrogen-bond acceptors (Lipinski definition) is 2. The minimum atomic E-state index is -0.251. The van der Waals surface area contributed by atoms with E-state index in [1.54, 1.807) is 10.8 Å². The number of halogens is 2. The molecule has 0 unspecified atom stereocenters. The standard InChI is InChI=1S/C7H14Cl2S2/c1-4-10-11-6(5(2)3)7(8)9/h5-7H,4H2,1-3H3/t6-/m1/s1. The first kappa shape index (κ1) is 12.3. The van der Waals surface area contributed by atoms with E-state index < -0.39 is 0 Å². The topological polar surface area (TPSA) is 0 Å². The third-order valence-corrected chi connectivity index (χ3v) is 5.24. The van der Waals surface area contributed by atoms with Gasteiger partial charge >= 0.3 is 0 Å². The molecule has 11 heavy (non-hydrogen) atoms. The van der Waals surface area contributed by atoms with Gasteiger partial charge < -0.3 is 0 Å². The van der Waals surface area contributed by atoms with Crippen molar-refractivity contribution in [3.63, 3.8) is 0 Å². The Bertz CT molecular complexity index is 88.4. The summed E-state index contributed by atoms with van der Waals surface area (Å²) in [5.41, 5.74) is 0. The summed E-state index contributed by atoms with van der Waals surface area (Å²) in [6.45, 7) is 6.42. The second-order valence-electron chi connectivity index (χ2n) is 2.55. The van der Waals surface area contributed by atoms with Crippen LogP contribution in [0.2, 0.25) is 0 Å². The second kappa shape index (κ2) is 6.76. The SMILES string of the molecule is CCSS[C@H](C(C)C)C(Cl)Cl. The molecule has 0 N–H and O–H groups in total. The molecule has 0 amide bonds. The molecule has 68 valence electrons. The van der Waals surface area contributed by atoms with E-state index in [2.05, 4.69) is 20.8 Å². The fourth-order valence-corrected chi connectivity index (χ4v) is 4.33. The molecule has 0 saturated heterocycles. The third kappa shape index (κ3) is 5.51. The first-order valence-electron chi connectivity index (χ1n) is 3.66. The minimum absolute atomic E-state index is 0.251. The average molecular weight is 233 g/mol. The Labute approximate surface area is 87.2 Å². The summed E-state index contributed by atoms with van der Waals surface area (Å²) >= 11 is 11.6. The van der Waals surface area contributed by atoms with E-state index >= 15 is 0 Å². The highest BCUT2D eigenvalue weighted by molar-refractivity contribution is 8.77. The van der Waals surface area contributed by atoms with Crippen LogP contribution in [-0.2, 0) is 0 Å². The zero-order chi connectivity index (χ0) is 8.85. The highest BCUT2D eigenvalue weighted by Gasteiger charge is 2.21. The molecule has 0 nitrogen and oxygen atoms in total. The highest BCUT2D eigenvalue weighted by atomic mass is 35.5. The molecule has 0 bridgehead atoms. The van der Waals surface area contributed by atoms with E-state index in [-0.39, 0.29) is 4.84 Å². The van der Waals surface area contributed by atoms with E-state index in [1.165, 1.54) is 0 Å². The van der Waals surface area contributed by atoms with Crippen LogP contribution in [-0.4, -0.2) is 15.8 Å². The quantitative estimate of drug-likeness (QED) is 0.515. The molecule has 0 aromatic heterocycles. The van der Waals surface area contributed by atoms with Crippen molar-refractivity contribution in [2.75, 3.05) is 5.75 Å². The van der Waals surface area contributed by atoms with E-state index in [9.17, 15) is 0 Å². The predicted octanol–water partition coefficient (Wildman–Crippen LogP) is 4.22. The number of alkyl halides is 2. The van der Waals surface area contributed by atoms with Gasteiger partial charge in [-0.1, -0.05) is 42.4 Å². The fourth-order valence-electron chi connectivity index (χ4n) is 0.591. The Morgan fingerprint density at radius 3 is 2.09 bits per heavy atom. The van der Waals surface area contributed by atoms with Crippen LogP contribution >= 0.6 is 44.8 Å². The van der Waals surface area contributed by atoms with Gasteiger partial charge in [-0.25, -0.2) is 0 Å². The van der Waals surface area contributed by atoms with Crippen LogP contribution in [0.4, 0.5) is 0 Å². The molecular formula is C7H14Cl2S2. The van der Waals surface area contributed by atoms with E-state index in [4.69, 9.17) is 23.2 Å². The Morgan fingerprint density at radius 1 is 1.27 bits per heavy atom. The Hall–Kier alpha value is 1.28. The van der Waals surface area contributed by atoms with E-state index in [1.807, 2.05) is 10.8 Å². The van der Waals surface area contributed by atoms with Crippen molar-refractivity contribution in [1.82, 2.24) is 0 Å². The summed E-state index contributed by atoms with van der Waals surface area (Å²) in [4.78, 5) is -0.251. The van der Waals surface area contributed by atoms with Crippen LogP contribution in [0.25, 0.3) is 0 Å². The monoisotopic (exact) mass is 232 g/mol. The lowest BCUT2D eigenvalue weighted by molar-refractivity contribution is 0.634. The van der Waals surface area contributed by atoms with Gasteiger partial charge in [0.25, 0.3) is 0 Å². The lowest BCUT2D eigenvalue weighted by Gasteiger charge is -2.19. The number of rotatable bonds is 5. The maximum Gasteiger partial charge on any atom is 0.120 e. The van der Waals surface area contributed by atoms with Gasteiger partial charge in [0, 0.05) is 11.0 Å². The fraction of sp³-hybridized carbons (Fsp3) is 1.00. The second-order valence-corrected chi connectivity index (χ2v) is 6.54. The smallest absolute Gasteiger partial charge is 0.104 e. The van der Waals surface area contributed by atoms with Crippen molar-refractivity contribution in [2.45, 2.75) is 30.9 Å². The first-order chi connectivity index (χ1) is 5.09. The van der Waals surface area contributed by atoms with Crippen molar-refractivity contribution in [3.05, 3.63) is 0 Å². The van der Waals surface area contributed by atoms with Gasteiger partial charge in [0.1, 0.15) is 4.84 Å². The first-order valence-corrected chi connectivity index (χ1v) is 6.91. The zero-order valence-corrected chi connectivity index (χ0v) is 10.2. The molecule has 0 radical (unpaired) electrons. The maximum atomic E-state index is 5.81. The van der Waals surface area contributed by atoms with Crippen molar-refractivity contribution in [2.24, 2.45) is 5.92 Å². The molecule has 0 aliphatic heterocycles. The third-order valence-electron chi connectivity index (χ3n) is 1.20. The van der Waals surface area contributed by atoms with Gasteiger partial charge in [0.05, 0.1) is 0 Å². The van der Waals surface area contributed by atoms with Crippen LogP contribution in [0.1, 0.15) is 20.8 Å². The van der Waals surface area contributed by atoms with E-state index in [0.717, 1.165) is 5.75 Å². The molecule has 0 saturated carbocycles. The minimum Gasteiger partial charge on any atom is -0.104 e. The average Bonchev–Trinajstić information content (AvgIpc) is 1.87. The maximum absolute atomic E-state index is 5.81. The summed E-state index contributed by atoms with van der Waals surface area (Å²) in [5.74, 6) is 1.65. The number of hydrogen-bond donors (Lipinski definition) is 0.